The van der Waals surface area contributed by atoms with Crippen molar-refractivity contribution in [3.8, 4) is 28.5 Å². The van der Waals surface area contributed by atoms with Gasteiger partial charge in [-0.05, 0) is 18.2 Å². The molecule has 0 aliphatic carbocycles. The lowest BCUT2D eigenvalue weighted by atomic mass is 9.97. The summed E-state index contributed by atoms with van der Waals surface area (Å²) in [6.45, 7) is 0. The van der Waals surface area contributed by atoms with E-state index in [2.05, 4.69) is 16.0 Å². The maximum absolute atomic E-state index is 11.4. The number of nitrogens with zero attached hydrogens (tertiary/aromatic N) is 3. The van der Waals surface area contributed by atoms with Crippen molar-refractivity contribution >= 4 is 22.4 Å². The van der Waals surface area contributed by atoms with Gasteiger partial charge in [0.2, 0.25) is 0 Å². The molecular weight excluding hydrogens is 342 g/mol. The van der Waals surface area contributed by atoms with E-state index in [1.807, 2.05) is 24.3 Å². The molecular formula is C20H13N5O2. The highest BCUT2D eigenvalue weighted by molar-refractivity contribution is 5.98. The molecule has 0 aliphatic rings. The minimum atomic E-state index is -0.462. The summed E-state index contributed by atoms with van der Waals surface area (Å²) in [6.07, 6.45) is 1.80. The second-order valence-electron chi connectivity index (χ2n) is 5.95. The minimum absolute atomic E-state index is 0.0356. The number of hydrogen-bond acceptors (Lipinski definition) is 5. The van der Waals surface area contributed by atoms with Crippen LogP contribution in [0.2, 0.25) is 0 Å². The van der Waals surface area contributed by atoms with E-state index in [9.17, 15) is 15.4 Å². The largest absolute Gasteiger partial charge is 0.383 e. The first kappa shape index (κ1) is 16.3. The molecule has 7 nitrogen and oxygen atoms in total. The standard InChI is InChI=1S/C20H13N5O2/c21-10-15-14(16-11-23-17-7-3-1-5-12(16)17)9-18(24-20(15)22)13-6-2-4-8-19(13)25(26)27/h1-9,11,23H,(H2,22,24). The van der Waals surface area contributed by atoms with Gasteiger partial charge in [-0.15, -0.1) is 0 Å². The van der Waals surface area contributed by atoms with Crippen LogP contribution in [0.25, 0.3) is 33.3 Å². The molecule has 0 amide bonds. The van der Waals surface area contributed by atoms with Crippen LogP contribution in [0.15, 0.2) is 60.8 Å². The molecule has 0 saturated carbocycles. The van der Waals surface area contributed by atoms with Gasteiger partial charge in [-0.2, -0.15) is 5.26 Å². The monoisotopic (exact) mass is 355 g/mol. The fraction of sp³-hybridized carbons (Fsp3) is 0. The molecule has 4 rings (SSSR count). The molecule has 0 saturated heterocycles. The van der Waals surface area contributed by atoms with E-state index in [0.717, 1.165) is 16.5 Å². The van der Waals surface area contributed by atoms with Gasteiger partial charge in [0.05, 0.1) is 16.2 Å². The normalized spacial score (nSPS) is 10.6. The maximum Gasteiger partial charge on any atom is 0.278 e. The third-order valence-electron chi connectivity index (χ3n) is 4.42. The Morgan fingerprint density at radius 1 is 1.07 bits per heavy atom. The summed E-state index contributed by atoms with van der Waals surface area (Å²) in [7, 11) is 0. The molecule has 3 N–H and O–H groups in total. The zero-order valence-electron chi connectivity index (χ0n) is 14.0. The number of rotatable bonds is 3. The first-order valence-electron chi connectivity index (χ1n) is 8.11. The number of aromatic amines is 1. The molecule has 2 aromatic carbocycles. The number of benzene rings is 2. The van der Waals surface area contributed by atoms with Crippen LogP contribution < -0.4 is 5.73 Å². The van der Waals surface area contributed by atoms with Crippen LogP contribution in [0.5, 0.6) is 0 Å². The number of nitriles is 1. The highest BCUT2D eigenvalue weighted by atomic mass is 16.6. The molecule has 0 unspecified atom stereocenters. The van der Waals surface area contributed by atoms with E-state index in [4.69, 9.17) is 5.73 Å². The topological polar surface area (TPSA) is 122 Å². The van der Waals surface area contributed by atoms with Crippen LogP contribution in [0, 0.1) is 21.4 Å². The Bertz CT molecular complexity index is 1240. The van der Waals surface area contributed by atoms with Crippen molar-refractivity contribution in [3.05, 3.63) is 76.5 Å². The van der Waals surface area contributed by atoms with Crippen molar-refractivity contribution in [3.63, 3.8) is 0 Å². The zero-order chi connectivity index (χ0) is 19.0. The first-order chi connectivity index (χ1) is 13.1. The van der Waals surface area contributed by atoms with E-state index in [1.165, 1.54) is 6.07 Å². The zero-order valence-corrected chi connectivity index (χ0v) is 14.0. The van der Waals surface area contributed by atoms with Crippen molar-refractivity contribution in [1.82, 2.24) is 9.97 Å². The SMILES string of the molecule is N#Cc1c(-c2c[nH]c3ccccc23)cc(-c2ccccc2[N+](=O)[O-])nc1N. The molecule has 4 aromatic rings. The van der Waals surface area contributed by atoms with Gasteiger partial charge in [0.25, 0.3) is 5.69 Å². The van der Waals surface area contributed by atoms with Gasteiger partial charge in [0, 0.05) is 34.3 Å². The summed E-state index contributed by atoms with van der Waals surface area (Å²) in [6, 6.07) is 17.8. The summed E-state index contributed by atoms with van der Waals surface area (Å²) in [5.41, 5.74) is 9.18. The molecule has 0 radical (unpaired) electrons. The fourth-order valence-corrected chi connectivity index (χ4v) is 3.18. The molecule has 27 heavy (non-hydrogen) atoms. The predicted octanol–water partition coefficient (Wildman–Crippen LogP) is 4.26. The van der Waals surface area contributed by atoms with Gasteiger partial charge < -0.3 is 10.7 Å². The quantitative estimate of drug-likeness (QED) is 0.420. The number of para-hydroxylation sites is 2. The number of fused-ring (bicyclic) bond motifs is 1. The van der Waals surface area contributed by atoms with Crippen LogP contribution >= 0.6 is 0 Å². The predicted molar refractivity (Wildman–Crippen MR) is 103 cm³/mol. The van der Waals surface area contributed by atoms with Gasteiger partial charge in [-0.1, -0.05) is 30.3 Å². The van der Waals surface area contributed by atoms with E-state index < -0.39 is 4.92 Å². The van der Waals surface area contributed by atoms with Gasteiger partial charge in [0.1, 0.15) is 17.5 Å². The Kier molecular flexibility index (Phi) is 3.79. The second-order valence-corrected chi connectivity index (χ2v) is 5.95. The molecule has 130 valence electrons. The molecule has 0 spiro atoms. The fourth-order valence-electron chi connectivity index (χ4n) is 3.18. The Morgan fingerprint density at radius 3 is 2.59 bits per heavy atom. The Morgan fingerprint density at radius 2 is 1.81 bits per heavy atom. The average molecular weight is 355 g/mol. The summed E-state index contributed by atoms with van der Waals surface area (Å²) < 4.78 is 0. The van der Waals surface area contributed by atoms with E-state index >= 15 is 0 Å². The van der Waals surface area contributed by atoms with Crippen LogP contribution in [-0.4, -0.2) is 14.9 Å². The molecule has 7 heteroatoms. The summed E-state index contributed by atoms with van der Waals surface area (Å²) in [4.78, 5) is 18.3. The molecule has 0 aliphatic heterocycles. The van der Waals surface area contributed by atoms with Crippen molar-refractivity contribution in [2.24, 2.45) is 0 Å². The number of nitro groups is 1. The number of pyridine rings is 1. The maximum atomic E-state index is 11.4. The summed E-state index contributed by atoms with van der Waals surface area (Å²) >= 11 is 0. The van der Waals surface area contributed by atoms with Gasteiger partial charge in [-0.3, -0.25) is 10.1 Å². The van der Waals surface area contributed by atoms with E-state index in [-0.39, 0.29) is 17.1 Å². The highest BCUT2D eigenvalue weighted by Crippen LogP contribution is 2.37. The number of aromatic nitrogens is 2. The number of anilines is 1. The second kappa shape index (κ2) is 6.28. The van der Waals surface area contributed by atoms with Crippen molar-refractivity contribution in [2.75, 3.05) is 5.73 Å². The van der Waals surface area contributed by atoms with Crippen molar-refractivity contribution < 1.29 is 4.92 Å². The third-order valence-corrected chi connectivity index (χ3v) is 4.42. The van der Waals surface area contributed by atoms with Gasteiger partial charge in [0.15, 0.2) is 0 Å². The van der Waals surface area contributed by atoms with Crippen LogP contribution in [-0.2, 0) is 0 Å². The van der Waals surface area contributed by atoms with Crippen LogP contribution in [0.1, 0.15) is 5.56 Å². The lowest BCUT2D eigenvalue weighted by Gasteiger charge is -2.10. The minimum Gasteiger partial charge on any atom is -0.383 e. The third kappa shape index (κ3) is 2.65. The smallest absolute Gasteiger partial charge is 0.278 e. The summed E-state index contributed by atoms with van der Waals surface area (Å²) in [5.74, 6) is 0.0356. The lowest BCUT2D eigenvalue weighted by Crippen LogP contribution is -2.01. The number of nitro benzene ring substituents is 1. The number of nitrogens with one attached hydrogen (secondary N) is 1. The molecule has 0 bridgehead atoms. The van der Waals surface area contributed by atoms with Gasteiger partial charge in [-0.25, -0.2) is 4.98 Å². The molecule has 2 heterocycles. The molecule has 2 aromatic heterocycles. The number of nitrogens with two attached hydrogens (primary N) is 1. The van der Waals surface area contributed by atoms with E-state index in [0.29, 0.717) is 16.8 Å². The van der Waals surface area contributed by atoms with Gasteiger partial charge >= 0.3 is 0 Å². The van der Waals surface area contributed by atoms with E-state index in [1.54, 1.807) is 30.5 Å². The molecule has 0 atom stereocenters. The number of hydrogen-bond donors (Lipinski definition) is 2. The highest BCUT2D eigenvalue weighted by Gasteiger charge is 2.20. The number of nitrogen functional groups attached to an aromatic ring is 1. The Labute approximate surface area is 153 Å². The van der Waals surface area contributed by atoms with Crippen molar-refractivity contribution in [1.29, 1.82) is 5.26 Å². The van der Waals surface area contributed by atoms with Crippen LogP contribution in [0.3, 0.4) is 0 Å². The summed E-state index contributed by atoms with van der Waals surface area (Å²) in [5, 5.41) is 21.9. The molecule has 0 fully saturated rings. The average Bonchev–Trinajstić information content (AvgIpc) is 3.11. The Balaban J connectivity index is 2.02. The van der Waals surface area contributed by atoms with Crippen molar-refractivity contribution in [2.45, 2.75) is 0 Å². The number of H-pyrrole nitrogens is 1. The first-order valence-corrected chi connectivity index (χ1v) is 8.11. The lowest BCUT2D eigenvalue weighted by molar-refractivity contribution is -0.384. The Hall–Kier alpha value is -4.18. The van der Waals surface area contributed by atoms with Crippen LogP contribution in [0.4, 0.5) is 11.5 Å².